The molecule has 1 unspecified atom stereocenters. The molecule has 1 N–H and O–H groups in total. The lowest BCUT2D eigenvalue weighted by Crippen LogP contribution is -2.42. The first-order valence-electron chi connectivity index (χ1n) is 8.61. The van der Waals surface area contributed by atoms with Gasteiger partial charge in [0.25, 0.3) is 5.91 Å². The minimum Gasteiger partial charge on any atom is -0.487 e. The summed E-state index contributed by atoms with van der Waals surface area (Å²) >= 11 is 0. The average molecular weight is 339 g/mol. The van der Waals surface area contributed by atoms with Crippen LogP contribution in [0.2, 0.25) is 0 Å². The van der Waals surface area contributed by atoms with E-state index in [0.717, 1.165) is 28.9 Å². The van der Waals surface area contributed by atoms with Crippen molar-refractivity contribution < 1.29 is 14.3 Å². The fourth-order valence-corrected chi connectivity index (χ4v) is 3.11. The molecule has 3 rings (SSSR count). The van der Waals surface area contributed by atoms with Gasteiger partial charge in [-0.05, 0) is 51.5 Å². The lowest BCUT2D eigenvalue weighted by Gasteiger charge is -2.38. The zero-order valence-corrected chi connectivity index (χ0v) is 15.3. The largest absolute Gasteiger partial charge is 0.487 e. The summed E-state index contributed by atoms with van der Waals surface area (Å²) in [5.41, 5.74) is 3.00. The highest BCUT2D eigenvalue weighted by atomic mass is 16.5. The predicted octanol–water partition coefficient (Wildman–Crippen LogP) is 4.10. The van der Waals surface area contributed by atoms with E-state index in [4.69, 9.17) is 9.47 Å². The lowest BCUT2D eigenvalue weighted by molar-refractivity contribution is -0.124. The topological polar surface area (TPSA) is 47.6 Å². The highest BCUT2D eigenvalue weighted by Gasteiger charge is 2.34. The van der Waals surface area contributed by atoms with Gasteiger partial charge in [-0.25, -0.2) is 0 Å². The highest BCUT2D eigenvalue weighted by Crippen LogP contribution is 2.39. The zero-order valence-electron chi connectivity index (χ0n) is 15.3. The Kier molecular flexibility index (Phi) is 4.71. The Bertz CT molecular complexity index is 765. The van der Waals surface area contributed by atoms with E-state index in [0.29, 0.717) is 5.75 Å². The third kappa shape index (κ3) is 4.32. The van der Waals surface area contributed by atoms with Crippen LogP contribution >= 0.6 is 0 Å². The molecular weight excluding hydrogens is 314 g/mol. The van der Waals surface area contributed by atoms with E-state index in [9.17, 15) is 4.79 Å². The second-order valence-electron chi connectivity index (χ2n) is 7.33. The first kappa shape index (κ1) is 17.3. The van der Waals surface area contributed by atoms with Crippen LogP contribution in [0.4, 0.5) is 0 Å². The maximum atomic E-state index is 12.4. The first-order chi connectivity index (χ1) is 11.8. The van der Waals surface area contributed by atoms with E-state index >= 15 is 0 Å². The molecule has 4 nitrogen and oxygen atoms in total. The van der Waals surface area contributed by atoms with Gasteiger partial charge in [-0.2, -0.15) is 0 Å². The van der Waals surface area contributed by atoms with Gasteiger partial charge in [0.05, 0.1) is 6.04 Å². The van der Waals surface area contributed by atoms with Crippen molar-refractivity contribution in [3.8, 4) is 11.5 Å². The van der Waals surface area contributed by atoms with Gasteiger partial charge in [-0.15, -0.1) is 0 Å². The van der Waals surface area contributed by atoms with Crippen LogP contribution in [0.5, 0.6) is 11.5 Å². The zero-order chi connectivity index (χ0) is 18.0. The van der Waals surface area contributed by atoms with Crippen LogP contribution in [0.15, 0.2) is 42.5 Å². The summed E-state index contributed by atoms with van der Waals surface area (Å²) in [6, 6.07) is 13.7. The summed E-state index contributed by atoms with van der Waals surface area (Å²) in [6.45, 7) is 8.14. The average Bonchev–Trinajstić information content (AvgIpc) is 2.52. The van der Waals surface area contributed by atoms with E-state index in [1.54, 1.807) is 0 Å². The molecule has 0 fully saturated rings. The first-order valence-corrected chi connectivity index (χ1v) is 8.61. The molecule has 1 atom stereocenters. The quantitative estimate of drug-likeness (QED) is 0.912. The molecule has 1 aliphatic heterocycles. The fourth-order valence-electron chi connectivity index (χ4n) is 3.11. The van der Waals surface area contributed by atoms with Crippen molar-refractivity contribution in [2.75, 3.05) is 6.61 Å². The molecule has 1 amide bonds. The standard InChI is InChI=1S/C21H25NO3/c1-14-5-8-16(9-6-14)24-13-20(23)22-18-12-21(3,4)25-19-11-15(2)7-10-17(18)19/h5-11,18H,12-13H2,1-4H3,(H,22,23). The highest BCUT2D eigenvalue weighted by molar-refractivity contribution is 5.78. The number of hydrogen-bond donors (Lipinski definition) is 1. The third-order valence-electron chi connectivity index (χ3n) is 4.35. The van der Waals surface area contributed by atoms with Gasteiger partial charge in [-0.3, -0.25) is 4.79 Å². The molecule has 0 spiro atoms. The minimum atomic E-state index is -0.323. The van der Waals surface area contributed by atoms with Crippen molar-refractivity contribution in [2.45, 2.75) is 45.8 Å². The lowest BCUT2D eigenvalue weighted by atomic mass is 9.89. The van der Waals surface area contributed by atoms with Gasteiger partial charge >= 0.3 is 0 Å². The summed E-state index contributed by atoms with van der Waals surface area (Å²) in [4.78, 5) is 12.4. The smallest absolute Gasteiger partial charge is 0.258 e. The molecule has 0 aromatic heterocycles. The number of fused-ring (bicyclic) bond motifs is 1. The molecule has 0 radical (unpaired) electrons. The van der Waals surface area contributed by atoms with Gasteiger partial charge in [0.2, 0.25) is 0 Å². The van der Waals surface area contributed by atoms with E-state index in [1.165, 1.54) is 0 Å². The van der Waals surface area contributed by atoms with Gasteiger partial charge in [-0.1, -0.05) is 29.8 Å². The fraction of sp³-hybridized carbons (Fsp3) is 0.381. The normalized spacial score (nSPS) is 18.0. The Balaban J connectivity index is 1.67. The number of benzene rings is 2. The van der Waals surface area contributed by atoms with Gasteiger partial charge < -0.3 is 14.8 Å². The SMILES string of the molecule is Cc1ccc(OCC(=O)NC2CC(C)(C)Oc3cc(C)ccc32)cc1. The van der Waals surface area contributed by atoms with Gasteiger partial charge in [0, 0.05) is 12.0 Å². The van der Waals surface area contributed by atoms with Crippen molar-refractivity contribution in [3.63, 3.8) is 0 Å². The minimum absolute atomic E-state index is 0.00203. The number of carbonyl (C=O) groups is 1. The van der Waals surface area contributed by atoms with Crippen LogP contribution in [0.25, 0.3) is 0 Å². The van der Waals surface area contributed by atoms with E-state index in [-0.39, 0.29) is 24.2 Å². The van der Waals surface area contributed by atoms with Crippen LogP contribution in [-0.2, 0) is 4.79 Å². The van der Waals surface area contributed by atoms with Crippen LogP contribution < -0.4 is 14.8 Å². The number of carbonyl (C=O) groups excluding carboxylic acids is 1. The van der Waals surface area contributed by atoms with Crippen LogP contribution in [0.3, 0.4) is 0 Å². The molecule has 1 heterocycles. The number of amides is 1. The number of rotatable bonds is 4. The maximum Gasteiger partial charge on any atom is 0.258 e. The molecule has 25 heavy (non-hydrogen) atoms. The van der Waals surface area contributed by atoms with E-state index in [1.807, 2.05) is 70.2 Å². The van der Waals surface area contributed by atoms with Gasteiger partial charge in [0.15, 0.2) is 6.61 Å². The molecule has 132 valence electrons. The Hall–Kier alpha value is -2.49. The van der Waals surface area contributed by atoms with Crippen molar-refractivity contribution in [3.05, 3.63) is 59.2 Å². The molecule has 1 aliphatic rings. The Labute approximate surface area is 149 Å². The molecule has 2 aromatic carbocycles. The molecule has 0 saturated carbocycles. The molecule has 2 aromatic rings. The van der Waals surface area contributed by atoms with Crippen molar-refractivity contribution in [1.29, 1.82) is 0 Å². The molecule has 0 aliphatic carbocycles. The number of ether oxygens (including phenoxy) is 2. The third-order valence-corrected chi connectivity index (χ3v) is 4.35. The molecule has 0 saturated heterocycles. The van der Waals surface area contributed by atoms with Crippen molar-refractivity contribution in [1.82, 2.24) is 5.32 Å². The predicted molar refractivity (Wildman–Crippen MR) is 98.1 cm³/mol. The maximum absolute atomic E-state index is 12.4. The van der Waals surface area contributed by atoms with Gasteiger partial charge in [0.1, 0.15) is 17.1 Å². The van der Waals surface area contributed by atoms with E-state index in [2.05, 4.69) is 5.32 Å². The monoisotopic (exact) mass is 339 g/mol. The second kappa shape index (κ2) is 6.79. The van der Waals surface area contributed by atoms with Crippen LogP contribution in [-0.4, -0.2) is 18.1 Å². The number of aryl methyl sites for hydroxylation is 2. The van der Waals surface area contributed by atoms with Crippen molar-refractivity contribution >= 4 is 5.91 Å². The summed E-state index contributed by atoms with van der Waals surface area (Å²) in [5.74, 6) is 1.42. The molecular formula is C21H25NO3. The summed E-state index contributed by atoms with van der Waals surface area (Å²) < 4.78 is 11.6. The molecule has 0 bridgehead atoms. The summed E-state index contributed by atoms with van der Waals surface area (Å²) in [5, 5.41) is 3.09. The second-order valence-corrected chi connectivity index (χ2v) is 7.33. The summed E-state index contributed by atoms with van der Waals surface area (Å²) in [7, 11) is 0. The molecule has 4 heteroatoms. The number of hydrogen-bond acceptors (Lipinski definition) is 3. The Morgan fingerprint density at radius 1 is 1.16 bits per heavy atom. The van der Waals surface area contributed by atoms with Crippen LogP contribution in [0.1, 0.15) is 43.0 Å². The van der Waals surface area contributed by atoms with Crippen LogP contribution in [0, 0.1) is 13.8 Å². The number of nitrogens with one attached hydrogen (secondary N) is 1. The summed E-state index contributed by atoms with van der Waals surface area (Å²) in [6.07, 6.45) is 0.722. The Morgan fingerprint density at radius 3 is 2.56 bits per heavy atom. The Morgan fingerprint density at radius 2 is 1.84 bits per heavy atom. The van der Waals surface area contributed by atoms with Crippen molar-refractivity contribution in [2.24, 2.45) is 0 Å². The van der Waals surface area contributed by atoms with E-state index < -0.39 is 0 Å².